The maximum absolute atomic E-state index is 10.2. The number of hydrogen-bond acceptors (Lipinski definition) is 4. The van der Waals surface area contributed by atoms with E-state index in [9.17, 15) is 5.11 Å². The first-order valence-corrected chi connectivity index (χ1v) is 9.85. The van der Waals surface area contributed by atoms with Crippen molar-refractivity contribution in [2.45, 2.75) is 38.6 Å². The van der Waals surface area contributed by atoms with Gasteiger partial charge in [-0.3, -0.25) is 9.89 Å². The molecule has 0 aromatic heterocycles. The molecule has 0 aliphatic carbocycles. The van der Waals surface area contributed by atoms with E-state index in [0.717, 1.165) is 31.2 Å². The highest BCUT2D eigenvalue weighted by Crippen LogP contribution is 2.29. The van der Waals surface area contributed by atoms with E-state index in [1.54, 1.807) is 13.2 Å². The second-order valence-electron chi connectivity index (χ2n) is 7.09. The van der Waals surface area contributed by atoms with E-state index >= 15 is 0 Å². The Morgan fingerprint density at radius 1 is 1.31 bits per heavy atom. The predicted molar refractivity (Wildman–Crippen MR) is 105 cm³/mol. The van der Waals surface area contributed by atoms with E-state index in [1.807, 2.05) is 12.1 Å². The Morgan fingerprint density at radius 3 is 2.85 bits per heavy atom. The van der Waals surface area contributed by atoms with Crippen LogP contribution in [0.3, 0.4) is 0 Å². The fourth-order valence-corrected chi connectivity index (χ4v) is 3.98. The van der Waals surface area contributed by atoms with Gasteiger partial charge in [-0.2, -0.15) is 0 Å². The monoisotopic (exact) mass is 360 g/mol. The summed E-state index contributed by atoms with van der Waals surface area (Å²) in [5.74, 6) is 1.74. The van der Waals surface area contributed by atoms with Gasteiger partial charge in [-0.25, -0.2) is 0 Å². The maximum Gasteiger partial charge on any atom is 0.193 e. The second-order valence-corrected chi connectivity index (χ2v) is 7.09. The van der Waals surface area contributed by atoms with Crippen molar-refractivity contribution in [1.82, 2.24) is 15.1 Å². The van der Waals surface area contributed by atoms with Crippen molar-refractivity contribution in [1.29, 1.82) is 0 Å². The van der Waals surface area contributed by atoms with Gasteiger partial charge in [0.25, 0.3) is 0 Å². The van der Waals surface area contributed by atoms with Crippen LogP contribution in [-0.4, -0.2) is 73.3 Å². The standard InChI is InChI=1S/C20H32N4O2/c1-3-21-20(24-14-10-17(15-24)23-12-4-5-13-23)22-11-9-16-7-6-8-18(26-2)19(16)25/h6-8,17,25H,3-5,9-15H2,1-2H3,(H,21,22). The summed E-state index contributed by atoms with van der Waals surface area (Å²) in [5, 5.41) is 13.6. The number of aromatic hydroxyl groups is 1. The number of benzene rings is 1. The maximum atomic E-state index is 10.2. The molecular weight excluding hydrogens is 328 g/mol. The Hall–Kier alpha value is -1.95. The molecule has 2 aliphatic heterocycles. The van der Waals surface area contributed by atoms with Crippen LogP contribution in [0.15, 0.2) is 23.2 Å². The Morgan fingerprint density at radius 2 is 2.12 bits per heavy atom. The van der Waals surface area contributed by atoms with Crippen LogP contribution in [0.2, 0.25) is 0 Å². The minimum absolute atomic E-state index is 0.227. The number of nitrogens with one attached hydrogen (secondary N) is 1. The van der Waals surface area contributed by atoms with E-state index in [0.29, 0.717) is 24.8 Å². The third-order valence-corrected chi connectivity index (χ3v) is 5.40. The highest BCUT2D eigenvalue weighted by Gasteiger charge is 2.30. The number of ether oxygens (including phenoxy) is 1. The molecule has 2 saturated heterocycles. The minimum Gasteiger partial charge on any atom is -0.504 e. The summed E-state index contributed by atoms with van der Waals surface area (Å²) >= 11 is 0. The predicted octanol–water partition coefficient (Wildman–Crippen LogP) is 2.08. The molecule has 6 nitrogen and oxygen atoms in total. The minimum atomic E-state index is 0.227. The quantitative estimate of drug-likeness (QED) is 0.601. The summed E-state index contributed by atoms with van der Waals surface area (Å²) in [4.78, 5) is 9.83. The first-order chi connectivity index (χ1) is 12.7. The third-order valence-electron chi connectivity index (χ3n) is 5.40. The van der Waals surface area contributed by atoms with Gasteiger partial charge in [0.05, 0.1) is 7.11 Å². The SMILES string of the molecule is CCNC(=NCCc1cccc(OC)c1O)N1CCC(N2CCCC2)C1. The van der Waals surface area contributed by atoms with Crippen molar-refractivity contribution in [2.75, 3.05) is 46.4 Å². The molecule has 0 spiro atoms. The van der Waals surface area contributed by atoms with Gasteiger partial charge in [0.2, 0.25) is 0 Å². The Balaban J connectivity index is 1.59. The molecule has 2 fully saturated rings. The first kappa shape index (κ1) is 18.8. The lowest BCUT2D eigenvalue weighted by molar-refractivity contribution is 0.249. The number of guanidine groups is 1. The molecule has 2 aliphatic rings. The van der Waals surface area contributed by atoms with E-state index in [4.69, 9.17) is 9.73 Å². The number of likely N-dealkylation sites (tertiary alicyclic amines) is 2. The lowest BCUT2D eigenvalue weighted by Crippen LogP contribution is -2.42. The van der Waals surface area contributed by atoms with Crippen LogP contribution in [0.5, 0.6) is 11.5 Å². The highest BCUT2D eigenvalue weighted by atomic mass is 16.5. The molecule has 0 saturated carbocycles. The zero-order chi connectivity index (χ0) is 18.4. The van der Waals surface area contributed by atoms with Gasteiger partial charge in [-0.05, 0) is 57.3 Å². The van der Waals surface area contributed by atoms with Gasteiger partial charge in [-0.1, -0.05) is 12.1 Å². The summed E-state index contributed by atoms with van der Waals surface area (Å²) in [6, 6.07) is 6.28. The van der Waals surface area contributed by atoms with Crippen molar-refractivity contribution in [2.24, 2.45) is 4.99 Å². The number of nitrogens with zero attached hydrogens (tertiary/aromatic N) is 3. The number of methoxy groups -OCH3 is 1. The number of phenolic OH excluding ortho intramolecular Hbond substituents is 1. The molecule has 2 heterocycles. The molecule has 1 atom stereocenters. The van der Waals surface area contributed by atoms with Crippen LogP contribution in [0.4, 0.5) is 0 Å². The zero-order valence-electron chi connectivity index (χ0n) is 16.1. The summed E-state index contributed by atoms with van der Waals surface area (Å²) in [6.45, 7) is 8.26. The van der Waals surface area contributed by atoms with Crippen LogP contribution >= 0.6 is 0 Å². The van der Waals surface area contributed by atoms with Gasteiger partial charge in [0, 0.05) is 32.2 Å². The molecule has 1 unspecified atom stereocenters. The van der Waals surface area contributed by atoms with E-state index in [1.165, 1.54) is 32.4 Å². The Labute approximate surface area is 156 Å². The number of hydrogen-bond donors (Lipinski definition) is 2. The topological polar surface area (TPSA) is 60.3 Å². The molecule has 1 aromatic carbocycles. The fourth-order valence-electron chi connectivity index (χ4n) is 3.98. The zero-order valence-corrected chi connectivity index (χ0v) is 16.1. The van der Waals surface area contributed by atoms with Crippen molar-refractivity contribution in [3.05, 3.63) is 23.8 Å². The molecule has 1 aromatic rings. The average molecular weight is 361 g/mol. The Kier molecular flexibility index (Phi) is 6.61. The molecule has 6 heteroatoms. The summed E-state index contributed by atoms with van der Waals surface area (Å²) in [6.07, 6.45) is 4.60. The van der Waals surface area contributed by atoms with Gasteiger partial charge in [-0.15, -0.1) is 0 Å². The van der Waals surface area contributed by atoms with Crippen molar-refractivity contribution in [3.63, 3.8) is 0 Å². The van der Waals surface area contributed by atoms with Crippen LogP contribution in [0.1, 0.15) is 31.7 Å². The first-order valence-electron chi connectivity index (χ1n) is 9.85. The lowest BCUT2D eigenvalue weighted by Gasteiger charge is -2.25. The number of phenols is 1. The molecule has 0 amide bonds. The van der Waals surface area contributed by atoms with Gasteiger partial charge >= 0.3 is 0 Å². The van der Waals surface area contributed by atoms with Crippen LogP contribution in [-0.2, 0) is 6.42 Å². The fraction of sp³-hybridized carbons (Fsp3) is 0.650. The molecule has 0 bridgehead atoms. The Bertz CT molecular complexity index is 614. The highest BCUT2D eigenvalue weighted by molar-refractivity contribution is 5.80. The van der Waals surface area contributed by atoms with E-state index in [-0.39, 0.29) is 5.75 Å². The van der Waals surface area contributed by atoms with Crippen LogP contribution in [0.25, 0.3) is 0 Å². The molecule has 3 rings (SSSR count). The van der Waals surface area contributed by atoms with Crippen LogP contribution in [0, 0.1) is 0 Å². The molecule has 0 radical (unpaired) electrons. The number of aliphatic imine (C=N–C) groups is 1. The molecule has 2 N–H and O–H groups in total. The van der Waals surface area contributed by atoms with Crippen molar-refractivity contribution >= 4 is 5.96 Å². The second kappa shape index (κ2) is 9.12. The summed E-state index contributed by atoms with van der Waals surface area (Å²) in [5.41, 5.74) is 0.875. The largest absolute Gasteiger partial charge is 0.504 e. The summed E-state index contributed by atoms with van der Waals surface area (Å²) in [7, 11) is 1.57. The molecular formula is C20H32N4O2. The number of rotatable bonds is 6. The van der Waals surface area contributed by atoms with Gasteiger partial charge < -0.3 is 20.1 Å². The van der Waals surface area contributed by atoms with Gasteiger partial charge in [0.15, 0.2) is 17.5 Å². The lowest BCUT2D eigenvalue weighted by atomic mass is 10.1. The number of para-hydroxylation sites is 1. The normalized spacial score (nSPS) is 21.4. The molecule has 26 heavy (non-hydrogen) atoms. The van der Waals surface area contributed by atoms with Crippen molar-refractivity contribution in [3.8, 4) is 11.5 Å². The van der Waals surface area contributed by atoms with E-state index in [2.05, 4.69) is 22.0 Å². The smallest absolute Gasteiger partial charge is 0.193 e. The average Bonchev–Trinajstić information content (AvgIpc) is 3.34. The molecule has 144 valence electrons. The van der Waals surface area contributed by atoms with Gasteiger partial charge in [0.1, 0.15) is 0 Å². The third kappa shape index (κ3) is 4.41. The van der Waals surface area contributed by atoms with Crippen molar-refractivity contribution < 1.29 is 9.84 Å². The summed E-state index contributed by atoms with van der Waals surface area (Å²) < 4.78 is 5.18. The van der Waals surface area contributed by atoms with E-state index < -0.39 is 0 Å². The van der Waals surface area contributed by atoms with Crippen LogP contribution < -0.4 is 10.1 Å².